The molecule has 1 aromatic heterocycles. The molecule has 8 nitrogen and oxygen atoms in total. The summed E-state index contributed by atoms with van der Waals surface area (Å²) in [5, 5.41) is 3.06. The van der Waals surface area contributed by atoms with E-state index >= 15 is 0 Å². The van der Waals surface area contributed by atoms with Crippen molar-refractivity contribution in [1.82, 2.24) is 10.2 Å². The van der Waals surface area contributed by atoms with Crippen LogP contribution in [0.15, 0.2) is 69.0 Å². The number of halogens is 1. The summed E-state index contributed by atoms with van der Waals surface area (Å²) in [6.45, 7) is 2.15. The number of nitrogens with zero attached hydrogens (tertiary/aromatic N) is 1. The maximum absolute atomic E-state index is 13.0. The Morgan fingerprint density at radius 3 is 2.30 bits per heavy atom. The number of hydrogen-bond donors (Lipinski definition) is 1. The first-order valence-corrected chi connectivity index (χ1v) is 14.0. The molecule has 1 saturated heterocycles. The van der Waals surface area contributed by atoms with Gasteiger partial charge < -0.3 is 19.2 Å². The molecule has 0 spiro atoms. The highest BCUT2D eigenvalue weighted by Crippen LogP contribution is 2.33. The molecule has 1 amide bonds. The van der Waals surface area contributed by atoms with Crippen LogP contribution in [0.5, 0.6) is 11.5 Å². The summed E-state index contributed by atoms with van der Waals surface area (Å²) >= 11 is 5.87. The zero-order chi connectivity index (χ0) is 26.4. The summed E-state index contributed by atoms with van der Waals surface area (Å²) in [4.78, 5) is 15.4. The van der Waals surface area contributed by atoms with Crippen molar-refractivity contribution in [2.45, 2.75) is 41.7 Å². The molecule has 1 aliphatic heterocycles. The summed E-state index contributed by atoms with van der Waals surface area (Å²) in [7, 11) is -0.731. The SMILES string of the molecule is COc1ccc(C(CNC(=O)c2ccc(S(=O)(=O)c3ccc(Cl)cc3)o2)N2CCCCCC2)cc1OC. The number of carbonyl (C=O) groups is 1. The van der Waals surface area contributed by atoms with Crippen LogP contribution in [0.1, 0.15) is 47.8 Å². The van der Waals surface area contributed by atoms with E-state index in [0.717, 1.165) is 31.5 Å². The van der Waals surface area contributed by atoms with E-state index < -0.39 is 15.7 Å². The van der Waals surface area contributed by atoms with Gasteiger partial charge in [0.2, 0.25) is 14.9 Å². The van der Waals surface area contributed by atoms with Crippen LogP contribution in [0.2, 0.25) is 5.02 Å². The Hall–Kier alpha value is -3.01. The van der Waals surface area contributed by atoms with E-state index in [2.05, 4.69) is 10.2 Å². The molecule has 198 valence electrons. The van der Waals surface area contributed by atoms with Crippen LogP contribution in [-0.4, -0.2) is 53.1 Å². The number of ether oxygens (including phenoxy) is 2. The van der Waals surface area contributed by atoms with E-state index in [4.69, 9.17) is 25.5 Å². The molecule has 2 aromatic carbocycles. The quantitative estimate of drug-likeness (QED) is 0.397. The minimum absolute atomic E-state index is 0.0351. The monoisotopic (exact) mass is 546 g/mol. The van der Waals surface area contributed by atoms with Crippen molar-refractivity contribution < 1.29 is 27.1 Å². The van der Waals surface area contributed by atoms with E-state index in [0.29, 0.717) is 23.1 Å². The Morgan fingerprint density at radius 1 is 0.973 bits per heavy atom. The van der Waals surface area contributed by atoms with Crippen LogP contribution < -0.4 is 14.8 Å². The van der Waals surface area contributed by atoms with Gasteiger partial charge in [0, 0.05) is 11.6 Å². The fraction of sp³-hybridized carbons (Fsp3) is 0.370. The van der Waals surface area contributed by atoms with Gasteiger partial charge in [0.25, 0.3) is 5.91 Å². The summed E-state index contributed by atoms with van der Waals surface area (Å²) < 4.78 is 42.1. The molecule has 1 N–H and O–H groups in total. The molecule has 0 aliphatic carbocycles. The first-order chi connectivity index (χ1) is 17.8. The maximum Gasteiger partial charge on any atom is 0.287 e. The van der Waals surface area contributed by atoms with Crippen molar-refractivity contribution in [2.75, 3.05) is 33.9 Å². The highest BCUT2D eigenvalue weighted by Gasteiger charge is 2.26. The minimum Gasteiger partial charge on any atom is -0.493 e. The van der Waals surface area contributed by atoms with Crippen LogP contribution in [0.3, 0.4) is 0 Å². The van der Waals surface area contributed by atoms with Crippen molar-refractivity contribution in [1.29, 1.82) is 0 Å². The first-order valence-electron chi connectivity index (χ1n) is 12.2. The van der Waals surface area contributed by atoms with Crippen molar-refractivity contribution in [3.8, 4) is 11.5 Å². The largest absolute Gasteiger partial charge is 0.493 e. The van der Waals surface area contributed by atoms with Gasteiger partial charge in [0.15, 0.2) is 17.3 Å². The third kappa shape index (κ3) is 6.29. The van der Waals surface area contributed by atoms with E-state index in [1.54, 1.807) is 14.2 Å². The second kappa shape index (κ2) is 12.0. The van der Waals surface area contributed by atoms with Crippen LogP contribution in [-0.2, 0) is 9.84 Å². The Balaban J connectivity index is 1.53. The van der Waals surface area contributed by atoms with E-state index in [1.807, 2.05) is 18.2 Å². The molecule has 0 bridgehead atoms. The number of carbonyl (C=O) groups excluding carboxylic acids is 1. The molecule has 4 rings (SSSR count). The number of hydrogen-bond acceptors (Lipinski definition) is 7. The smallest absolute Gasteiger partial charge is 0.287 e. The van der Waals surface area contributed by atoms with E-state index in [1.165, 1.54) is 49.2 Å². The molecule has 0 saturated carbocycles. The molecule has 2 heterocycles. The summed E-state index contributed by atoms with van der Waals surface area (Å²) in [5.74, 6) is 0.691. The van der Waals surface area contributed by atoms with Gasteiger partial charge in [-0.1, -0.05) is 30.5 Å². The molecule has 1 unspecified atom stereocenters. The van der Waals surface area contributed by atoms with E-state index in [9.17, 15) is 13.2 Å². The average Bonchev–Trinajstić information content (AvgIpc) is 3.27. The number of likely N-dealkylation sites (tertiary alicyclic amines) is 1. The first kappa shape index (κ1) is 27.0. The number of sulfone groups is 1. The molecular formula is C27H31ClN2O6S. The molecule has 1 aliphatic rings. The standard InChI is InChI=1S/C27H31ClN2O6S/c1-34-23-12-7-19(17-25(23)35-2)22(30-15-5-3-4-6-16-30)18-29-27(31)24-13-14-26(36-24)37(32,33)21-10-8-20(28)9-11-21/h7-14,17,22H,3-6,15-16,18H2,1-2H3,(H,29,31). The van der Waals surface area contributed by atoms with Crippen LogP contribution in [0.4, 0.5) is 0 Å². The number of nitrogens with one attached hydrogen (secondary N) is 1. The lowest BCUT2D eigenvalue weighted by Crippen LogP contribution is -2.38. The summed E-state index contributed by atoms with van der Waals surface area (Å²) in [6.07, 6.45) is 4.53. The van der Waals surface area contributed by atoms with E-state index in [-0.39, 0.29) is 21.8 Å². The molecule has 1 fully saturated rings. The van der Waals surface area contributed by atoms with Crippen molar-refractivity contribution >= 4 is 27.3 Å². The second-order valence-electron chi connectivity index (χ2n) is 8.87. The highest BCUT2D eigenvalue weighted by molar-refractivity contribution is 7.91. The van der Waals surface area contributed by atoms with Gasteiger partial charge in [-0.3, -0.25) is 9.69 Å². The third-order valence-corrected chi connectivity index (χ3v) is 8.42. The van der Waals surface area contributed by atoms with Gasteiger partial charge in [-0.05, 0) is 80.0 Å². The predicted molar refractivity (Wildman–Crippen MR) is 140 cm³/mol. The van der Waals surface area contributed by atoms with Gasteiger partial charge in [0.05, 0.1) is 25.2 Å². The molecule has 10 heteroatoms. The minimum atomic E-state index is -3.92. The lowest BCUT2D eigenvalue weighted by atomic mass is 10.0. The Kier molecular flexibility index (Phi) is 8.79. The summed E-state index contributed by atoms with van der Waals surface area (Å²) in [5.41, 5.74) is 0.991. The predicted octanol–water partition coefficient (Wildman–Crippen LogP) is 5.13. The normalized spacial score (nSPS) is 15.5. The van der Waals surface area contributed by atoms with Crippen LogP contribution in [0, 0.1) is 0 Å². The fourth-order valence-corrected chi connectivity index (χ4v) is 5.82. The number of rotatable bonds is 9. The highest BCUT2D eigenvalue weighted by atomic mass is 35.5. The Labute approximate surface area is 222 Å². The van der Waals surface area contributed by atoms with Gasteiger partial charge >= 0.3 is 0 Å². The summed E-state index contributed by atoms with van der Waals surface area (Å²) in [6, 6.07) is 14.1. The Bertz CT molecular complexity index is 1310. The van der Waals surface area contributed by atoms with Gasteiger partial charge in [-0.15, -0.1) is 0 Å². The third-order valence-electron chi connectivity index (χ3n) is 6.52. The number of furan rings is 1. The van der Waals surface area contributed by atoms with Gasteiger partial charge in [0.1, 0.15) is 0 Å². The average molecular weight is 547 g/mol. The van der Waals surface area contributed by atoms with Crippen LogP contribution in [0.25, 0.3) is 0 Å². The van der Waals surface area contributed by atoms with Gasteiger partial charge in [-0.2, -0.15) is 0 Å². The molecule has 0 radical (unpaired) electrons. The lowest BCUT2D eigenvalue weighted by molar-refractivity contribution is 0.0900. The van der Waals surface area contributed by atoms with Gasteiger partial charge in [-0.25, -0.2) is 8.42 Å². The molecule has 1 atom stereocenters. The Morgan fingerprint density at radius 2 is 1.65 bits per heavy atom. The second-order valence-corrected chi connectivity index (χ2v) is 11.2. The number of amides is 1. The number of benzene rings is 2. The van der Waals surface area contributed by atoms with Crippen molar-refractivity contribution in [3.63, 3.8) is 0 Å². The topological polar surface area (TPSA) is 98.1 Å². The van der Waals surface area contributed by atoms with Crippen molar-refractivity contribution in [3.05, 3.63) is 70.9 Å². The van der Waals surface area contributed by atoms with Crippen LogP contribution >= 0.6 is 11.6 Å². The molecule has 3 aromatic rings. The zero-order valence-electron chi connectivity index (χ0n) is 20.9. The molecule has 37 heavy (non-hydrogen) atoms. The zero-order valence-corrected chi connectivity index (χ0v) is 22.5. The fourth-order valence-electron chi connectivity index (χ4n) is 4.52. The van der Waals surface area contributed by atoms with Crippen molar-refractivity contribution in [2.24, 2.45) is 0 Å². The molecular weight excluding hydrogens is 516 g/mol. The maximum atomic E-state index is 13.0. The number of methoxy groups -OCH3 is 2. The lowest BCUT2D eigenvalue weighted by Gasteiger charge is -2.31.